The Bertz CT molecular complexity index is 560. The molecule has 0 aliphatic carbocycles. The van der Waals surface area contributed by atoms with Gasteiger partial charge in [-0.3, -0.25) is 4.90 Å². The van der Waals surface area contributed by atoms with E-state index < -0.39 is 0 Å². The maximum atomic E-state index is 5.78. The summed E-state index contributed by atoms with van der Waals surface area (Å²) in [5.74, 6) is 1.29. The molecule has 20 heavy (non-hydrogen) atoms. The van der Waals surface area contributed by atoms with Crippen LogP contribution in [0.5, 0.6) is 0 Å². The molecule has 1 saturated heterocycles. The van der Waals surface area contributed by atoms with Gasteiger partial charge in [0.25, 0.3) is 0 Å². The van der Waals surface area contributed by atoms with E-state index in [1.54, 1.807) is 0 Å². The van der Waals surface area contributed by atoms with E-state index in [1.165, 1.54) is 5.56 Å². The predicted molar refractivity (Wildman–Crippen MR) is 77.2 cm³/mol. The first kappa shape index (κ1) is 13.3. The molecule has 1 N–H and O–H groups in total. The topological polar surface area (TPSA) is 54.2 Å². The lowest BCUT2D eigenvalue weighted by molar-refractivity contribution is 0.133. The molecular weight excluding hydrogens is 252 g/mol. The lowest BCUT2D eigenvalue weighted by atomic mass is 10.1. The average Bonchev–Trinajstić information content (AvgIpc) is 2.85. The Hall–Kier alpha value is -1.72. The maximum Gasteiger partial charge on any atom is 0.247 e. The zero-order valence-corrected chi connectivity index (χ0v) is 12.0. The van der Waals surface area contributed by atoms with Crippen LogP contribution in [0.15, 0.2) is 28.7 Å². The van der Waals surface area contributed by atoms with Crippen molar-refractivity contribution >= 4 is 0 Å². The van der Waals surface area contributed by atoms with Gasteiger partial charge < -0.3 is 9.73 Å². The van der Waals surface area contributed by atoms with Gasteiger partial charge in [0.1, 0.15) is 0 Å². The van der Waals surface area contributed by atoms with Gasteiger partial charge in [0, 0.05) is 24.7 Å². The standard InChI is InChI=1S/C15H20N4O/c1-3-19(13-8-16-9-13)10-14-17-18-15(20-14)12-6-4-11(2)5-7-12/h4-7,13,16H,3,8-10H2,1-2H3. The maximum absolute atomic E-state index is 5.78. The zero-order chi connectivity index (χ0) is 13.9. The van der Waals surface area contributed by atoms with Crippen molar-refractivity contribution in [1.82, 2.24) is 20.4 Å². The van der Waals surface area contributed by atoms with Gasteiger partial charge in [-0.25, -0.2) is 0 Å². The molecule has 1 aromatic carbocycles. The van der Waals surface area contributed by atoms with Crippen LogP contribution < -0.4 is 5.32 Å². The summed E-state index contributed by atoms with van der Waals surface area (Å²) in [6, 6.07) is 8.73. The molecule has 0 atom stereocenters. The Labute approximate surface area is 119 Å². The van der Waals surface area contributed by atoms with Crippen molar-refractivity contribution < 1.29 is 4.42 Å². The van der Waals surface area contributed by atoms with Crippen LogP contribution in [0.4, 0.5) is 0 Å². The summed E-state index contributed by atoms with van der Waals surface area (Å²) >= 11 is 0. The van der Waals surface area contributed by atoms with Crippen LogP contribution in [0.3, 0.4) is 0 Å². The highest BCUT2D eigenvalue weighted by atomic mass is 16.4. The summed E-state index contributed by atoms with van der Waals surface area (Å²) in [5, 5.41) is 11.6. The molecular formula is C15H20N4O. The molecule has 0 bridgehead atoms. The number of likely N-dealkylation sites (N-methyl/N-ethyl adjacent to an activating group) is 1. The van der Waals surface area contributed by atoms with Crippen LogP contribution in [-0.4, -0.2) is 40.8 Å². The van der Waals surface area contributed by atoms with Crippen LogP contribution >= 0.6 is 0 Å². The van der Waals surface area contributed by atoms with Crippen LogP contribution in [0.2, 0.25) is 0 Å². The van der Waals surface area contributed by atoms with Crippen LogP contribution in [0.25, 0.3) is 11.5 Å². The molecule has 0 saturated carbocycles. The van der Waals surface area contributed by atoms with Gasteiger partial charge in [-0.1, -0.05) is 24.6 Å². The fourth-order valence-electron chi connectivity index (χ4n) is 2.33. The first-order chi connectivity index (χ1) is 9.76. The molecule has 0 radical (unpaired) electrons. The highest BCUT2D eigenvalue weighted by Gasteiger charge is 2.24. The molecule has 106 valence electrons. The van der Waals surface area contributed by atoms with Gasteiger partial charge in [-0.15, -0.1) is 10.2 Å². The molecule has 1 fully saturated rings. The Balaban J connectivity index is 1.71. The van der Waals surface area contributed by atoms with E-state index in [2.05, 4.69) is 46.4 Å². The summed E-state index contributed by atoms with van der Waals surface area (Å²) in [5.41, 5.74) is 2.20. The van der Waals surface area contributed by atoms with Crippen molar-refractivity contribution in [2.45, 2.75) is 26.4 Å². The number of nitrogens with one attached hydrogen (secondary N) is 1. The Morgan fingerprint density at radius 2 is 2.00 bits per heavy atom. The molecule has 0 amide bonds. The molecule has 0 unspecified atom stereocenters. The van der Waals surface area contributed by atoms with E-state index >= 15 is 0 Å². The largest absolute Gasteiger partial charge is 0.419 e. The van der Waals surface area contributed by atoms with Crippen molar-refractivity contribution in [3.8, 4) is 11.5 Å². The van der Waals surface area contributed by atoms with E-state index in [9.17, 15) is 0 Å². The van der Waals surface area contributed by atoms with E-state index in [-0.39, 0.29) is 0 Å². The van der Waals surface area contributed by atoms with Crippen molar-refractivity contribution in [2.75, 3.05) is 19.6 Å². The number of aromatic nitrogens is 2. The average molecular weight is 272 g/mol. The number of nitrogens with zero attached hydrogens (tertiary/aromatic N) is 3. The normalized spacial score (nSPS) is 15.6. The van der Waals surface area contributed by atoms with Gasteiger partial charge in [0.15, 0.2) is 0 Å². The third kappa shape index (κ3) is 2.73. The number of hydrogen-bond donors (Lipinski definition) is 1. The monoisotopic (exact) mass is 272 g/mol. The van der Waals surface area contributed by atoms with E-state index in [1.807, 2.05) is 12.1 Å². The Morgan fingerprint density at radius 3 is 2.60 bits per heavy atom. The van der Waals surface area contributed by atoms with E-state index in [4.69, 9.17) is 4.42 Å². The summed E-state index contributed by atoms with van der Waals surface area (Å²) in [6.45, 7) is 8.04. The van der Waals surface area contributed by atoms with Crippen molar-refractivity contribution in [2.24, 2.45) is 0 Å². The highest BCUT2D eigenvalue weighted by Crippen LogP contribution is 2.19. The smallest absolute Gasteiger partial charge is 0.247 e. The van der Waals surface area contributed by atoms with Crippen LogP contribution in [0.1, 0.15) is 18.4 Å². The SMILES string of the molecule is CCN(Cc1nnc(-c2ccc(C)cc2)o1)C1CNC1. The first-order valence-electron chi connectivity index (χ1n) is 7.10. The quantitative estimate of drug-likeness (QED) is 0.900. The summed E-state index contributed by atoms with van der Waals surface area (Å²) in [4.78, 5) is 2.36. The van der Waals surface area contributed by atoms with Gasteiger partial charge in [0.2, 0.25) is 11.8 Å². The molecule has 3 rings (SSSR count). The molecule has 5 nitrogen and oxygen atoms in total. The summed E-state index contributed by atoms with van der Waals surface area (Å²) < 4.78 is 5.78. The minimum absolute atomic E-state index is 0.592. The fourth-order valence-corrected chi connectivity index (χ4v) is 2.33. The van der Waals surface area contributed by atoms with E-state index in [0.29, 0.717) is 17.8 Å². The number of hydrogen-bond acceptors (Lipinski definition) is 5. The van der Waals surface area contributed by atoms with Crippen LogP contribution in [-0.2, 0) is 6.54 Å². The molecule has 1 aliphatic heterocycles. The third-order valence-electron chi connectivity index (χ3n) is 3.79. The summed E-state index contributed by atoms with van der Waals surface area (Å²) in [7, 11) is 0. The first-order valence-corrected chi connectivity index (χ1v) is 7.10. The number of rotatable bonds is 5. The fraction of sp³-hybridized carbons (Fsp3) is 0.467. The molecule has 1 aliphatic rings. The molecule has 1 aromatic heterocycles. The Kier molecular flexibility index (Phi) is 3.80. The third-order valence-corrected chi connectivity index (χ3v) is 3.79. The number of aryl methyl sites for hydroxylation is 1. The second-order valence-electron chi connectivity index (χ2n) is 5.24. The highest BCUT2D eigenvalue weighted by molar-refractivity contribution is 5.52. The second-order valence-corrected chi connectivity index (χ2v) is 5.24. The molecule has 0 spiro atoms. The zero-order valence-electron chi connectivity index (χ0n) is 12.0. The van der Waals surface area contributed by atoms with Crippen molar-refractivity contribution in [3.63, 3.8) is 0 Å². The van der Waals surface area contributed by atoms with Gasteiger partial charge in [-0.05, 0) is 25.6 Å². The van der Waals surface area contributed by atoms with E-state index in [0.717, 1.165) is 31.7 Å². The molecule has 5 heteroatoms. The second kappa shape index (κ2) is 5.73. The lowest BCUT2D eigenvalue weighted by Gasteiger charge is -2.36. The number of benzene rings is 1. The minimum atomic E-state index is 0.592. The lowest BCUT2D eigenvalue weighted by Crippen LogP contribution is -2.56. The van der Waals surface area contributed by atoms with Crippen molar-refractivity contribution in [1.29, 1.82) is 0 Å². The van der Waals surface area contributed by atoms with Gasteiger partial charge in [-0.2, -0.15) is 0 Å². The molecule has 2 aromatic rings. The molecule has 2 heterocycles. The van der Waals surface area contributed by atoms with Crippen LogP contribution in [0, 0.1) is 6.92 Å². The van der Waals surface area contributed by atoms with Crippen molar-refractivity contribution in [3.05, 3.63) is 35.7 Å². The Morgan fingerprint density at radius 1 is 1.25 bits per heavy atom. The predicted octanol–water partition coefficient (Wildman–Crippen LogP) is 1.84. The minimum Gasteiger partial charge on any atom is -0.419 e. The summed E-state index contributed by atoms with van der Waals surface area (Å²) in [6.07, 6.45) is 0. The van der Waals surface area contributed by atoms with Gasteiger partial charge in [0.05, 0.1) is 6.54 Å². The van der Waals surface area contributed by atoms with Gasteiger partial charge >= 0.3 is 0 Å².